The zero-order chi connectivity index (χ0) is 22.5. The van der Waals surface area contributed by atoms with Crippen LogP contribution in [0.3, 0.4) is 0 Å². The molecule has 0 atom stereocenters. The van der Waals surface area contributed by atoms with E-state index in [2.05, 4.69) is 10.3 Å². The van der Waals surface area contributed by atoms with Crippen molar-refractivity contribution in [2.45, 2.75) is 25.9 Å². The first-order valence-electron chi connectivity index (χ1n) is 10.3. The fourth-order valence-corrected chi connectivity index (χ4v) is 3.65. The van der Waals surface area contributed by atoms with Crippen LogP contribution in [0.1, 0.15) is 24.0 Å². The molecule has 4 N–H and O–H groups in total. The molecule has 0 saturated carbocycles. The monoisotopic (exact) mass is 428 g/mol. The third-order valence-electron chi connectivity index (χ3n) is 5.24. The molecule has 2 aromatic carbocycles. The number of carbonyl (C=O) groups excluding carboxylic acids is 2. The minimum Gasteiger partial charge on any atom is -0.369 e. The van der Waals surface area contributed by atoms with Crippen LogP contribution in [0.4, 0.5) is 0 Å². The molecule has 8 heteroatoms. The number of aliphatic imine (C=N–C) groups is 1. The molecule has 162 valence electrons. The van der Waals surface area contributed by atoms with Gasteiger partial charge in [0, 0.05) is 0 Å². The lowest BCUT2D eigenvalue weighted by atomic mass is 10.1. The number of nitrogens with one attached hydrogen (secondary N) is 2. The molecule has 2 aliphatic heterocycles. The summed E-state index contributed by atoms with van der Waals surface area (Å²) in [4.78, 5) is 31.8. The van der Waals surface area contributed by atoms with Gasteiger partial charge in [-0.15, -0.1) is 0 Å². The van der Waals surface area contributed by atoms with E-state index >= 15 is 0 Å². The molecule has 32 heavy (non-hydrogen) atoms. The van der Waals surface area contributed by atoms with E-state index in [0.29, 0.717) is 37.3 Å². The second-order valence-corrected chi connectivity index (χ2v) is 7.48. The van der Waals surface area contributed by atoms with Crippen LogP contribution in [-0.4, -0.2) is 33.5 Å². The van der Waals surface area contributed by atoms with Gasteiger partial charge in [-0.2, -0.15) is 4.99 Å². The summed E-state index contributed by atoms with van der Waals surface area (Å²) >= 11 is 0. The van der Waals surface area contributed by atoms with Crippen molar-refractivity contribution >= 4 is 23.7 Å². The van der Waals surface area contributed by atoms with E-state index in [1.165, 1.54) is 0 Å². The number of nitrogens with two attached hydrogens (primary N) is 1. The standard InChI is InChI=1S/C24H24N6O2/c25-23-27-21(31)19(29(23)15-17-9-3-1-4-10-17)13-7-8-14-20-22(32)28-24(26)30(20)16-18-11-5-2-6-12-18/h1-6,9-14H,7-8,15-16H2,(H2,25,27,31)(H2,26,28,32)/b19-13+,20-14+. The Bertz CT molecular complexity index is 1120. The number of guanidine groups is 2. The molecule has 1 fully saturated rings. The molecule has 2 aliphatic rings. The first-order valence-corrected chi connectivity index (χ1v) is 10.3. The third-order valence-corrected chi connectivity index (χ3v) is 5.24. The summed E-state index contributed by atoms with van der Waals surface area (Å²) in [6, 6.07) is 19.4. The fraction of sp³-hybridized carbons (Fsp3) is 0.167. The van der Waals surface area contributed by atoms with Crippen molar-refractivity contribution in [1.82, 2.24) is 15.1 Å². The molecule has 1 saturated heterocycles. The van der Waals surface area contributed by atoms with Crippen molar-refractivity contribution < 1.29 is 9.59 Å². The van der Waals surface area contributed by atoms with Gasteiger partial charge in [-0.25, -0.2) is 0 Å². The molecular weight excluding hydrogens is 404 g/mol. The van der Waals surface area contributed by atoms with Gasteiger partial charge in [-0.1, -0.05) is 72.8 Å². The SMILES string of the molecule is N=C1NC(=O)/C(=C\CC/C=C2\C(=O)N=C(N)N2Cc2ccccc2)N1Cc1ccccc1. The van der Waals surface area contributed by atoms with Crippen molar-refractivity contribution in [2.75, 3.05) is 0 Å². The molecule has 4 rings (SSSR count). The first-order chi connectivity index (χ1) is 15.5. The van der Waals surface area contributed by atoms with Crippen LogP contribution >= 0.6 is 0 Å². The van der Waals surface area contributed by atoms with Crippen LogP contribution < -0.4 is 11.1 Å². The molecule has 0 bridgehead atoms. The molecule has 0 spiro atoms. The Kier molecular flexibility index (Phi) is 6.12. The molecule has 8 nitrogen and oxygen atoms in total. The Labute approximate surface area is 186 Å². The summed E-state index contributed by atoms with van der Waals surface area (Å²) in [6.45, 7) is 0.887. The van der Waals surface area contributed by atoms with Gasteiger partial charge in [0.05, 0.1) is 13.1 Å². The van der Waals surface area contributed by atoms with Crippen LogP contribution in [0, 0.1) is 5.41 Å². The van der Waals surface area contributed by atoms with Crippen molar-refractivity contribution in [1.29, 1.82) is 5.41 Å². The molecule has 2 heterocycles. The number of amides is 2. The second kappa shape index (κ2) is 9.30. The highest BCUT2D eigenvalue weighted by atomic mass is 16.2. The third kappa shape index (κ3) is 4.59. The molecule has 0 aliphatic carbocycles. The molecule has 0 radical (unpaired) electrons. The maximum atomic E-state index is 12.3. The number of benzene rings is 2. The van der Waals surface area contributed by atoms with Gasteiger partial charge >= 0.3 is 0 Å². The van der Waals surface area contributed by atoms with Crippen LogP contribution in [0.2, 0.25) is 0 Å². The largest absolute Gasteiger partial charge is 0.369 e. The predicted octanol–water partition coefficient (Wildman–Crippen LogP) is 2.46. The Hall–Kier alpha value is -4.20. The summed E-state index contributed by atoms with van der Waals surface area (Å²) in [7, 11) is 0. The molecule has 0 unspecified atom stereocenters. The molecule has 0 aromatic heterocycles. The van der Waals surface area contributed by atoms with Gasteiger partial charge in [0.15, 0.2) is 0 Å². The fourth-order valence-electron chi connectivity index (χ4n) is 3.65. The first kappa shape index (κ1) is 21.0. The number of carbonyl (C=O) groups is 2. The van der Waals surface area contributed by atoms with Crippen LogP contribution in [-0.2, 0) is 22.7 Å². The Morgan fingerprint density at radius 2 is 1.38 bits per heavy atom. The van der Waals surface area contributed by atoms with Crippen molar-refractivity contribution in [3.05, 3.63) is 95.3 Å². The Balaban J connectivity index is 1.44. The van der Waals surface area contributed by atoms with Crippen molar-refractivity contribution in [3.63, 3.8) is 0 Å². The number of hydrogen-bond acceptors (Lipinski definition) is 5. The van der Waals surface area contributed by atoms with Gasteiger partial charge in [0.2, 0.25) is 11.9 Å². The van der Waals surface area contributed by atoms with Gasteiger partial charge in [0.1, 0.15) is 11.4 Å². The maximum absolute atomic E-state index is 12.3. The topological polar surface area (TPSA) is 115 Å². The quantitative estimate of drug-likeness (QED) is 0.463. The minimum atomic E-state index is -0.364. The van der Waals surface area contributed by atoms with E-state index in [9.17, 15) is 9.59 Å². The number of rotatable bonds is 7. The van der Waals surface area contributed by atoms with Crippen molar-refractivity contribution in [3.8, 4) is 0 Å². The lowest BCUT2D eigenvalue weighted by Crippen LogP contribution is -2.32. The van der Waals surface area contributed by atoms with Crippen LogP contribution in [0.5, 0.6) is 0 Å². The van der Waals surface area contributed by atoms with Crippen molar-refractivity contribution in [2.24, 2.45) is 10.7 Å². The van der Waals surface area contributed by atoms with Gasteiger partial charge < -0.3 is 15.5 Å². The van der Waals surface area contributed by atoms with Crippen LogP contribution in [0.15, 0.2) is 89.2 Å². The summed E-state index contributed by atoms with van der Waals surface area (Å²) in [5.41, 5.74) is 8.85. The summed E-state index contributed by atoms with van der Waals surface area (Å²) in [6.07, 6.45) is 4.64. The van der Waals surface area contributed by atoms with Gasteiger partial charge in [-0.3, -0.25) is 20.3 Å². The van der Waals surface area contributed by atoms with Crippen LogP contribution in [0.25, 0.3) is 0 Å². The highest BCUT2D eigenvalue weighted by molar-refractivity contribution is 6.12. The van der Waals surface area contributed by atoms with E-state index < -0.39 is 0 Å². The normalized spacial score (nSPS) is 18.6. The number of hydrogen-bond donors (Lipinski definition) is 3. The molecule has 2 aromatic rings. The predicted molar refractivity (Wildman–Crippen MR) is 122 cm³/mol. The van der Waals surface area contributed by atoms with E-state index in [1.807, 2.05) is 60.7 Å². The Morgan fingerprint density at radius 1 is 0.844 bits per heavy atom. The molecular formula is C24H24N6O2. The number of nitrogens with zero attached hydrogens (tertiary/aromatic N) is 3. The summed E-state index contributed by atoms with van der Waals surface area (Å²) in [5.74, 6) is -0.420. The number of unbranched alkanes of at least 4 members (excludes halogenated alkanes) is 1. The maximum Gasteiger partial charge on any atom is 0.296 e. The zero-order valence-electron chi connectivity index (χ0n) is 17.5. The minimum absolute atomic E-state index is 0.0599. The highest BCUT2D eigenvalue weighted by Gasteiger charge is 2.30. The summed E-state index contributed by atoms with van der Waals surface area (Å²) < 4.78 is 0. The number of allylic oxidation sites excluding steroid dienone is 2. The average Bonchev–Trinajstić information content (AvgIpc) is 3.21. The average molecular weight is 428 g/mol. The smallest absolute Gasteiger partial charge is 0.296 e. The van der Waals surface area contributed by atoms with E-state index in [-0.39, 0.29) is 23.7 Å². The highest BCUT2D eigenvalue weighted by Crippen LogP contribution is 2.21. The van der Waals surface area contributed by atoms with E-state index in [0.717, 1.165) is 11.1 Å². The summed E-state index contributed by atoms with van der Waals surface area (Å²) in [5, 5.41) is 10.6. The lowest BCUT2D eigenvalue weighted by Gasteiger charge is -2.19. The molecule has 2 amide bonds. The van der Waals surface area contributed by atoms with E-state index in [4.69, 9.17) is 11.1 Å². The second-order valence-electron chi connectivity index (χ2n) is 7.48. The Morgan fingerprint density at radius 3 is 1.97 bits per heavy atom. The van der Waals surface area contributed by atoms with Gasteiger partial charge in [-0.05, 0) is 24.0 Å². The van der Waals surface area contributed by atoms with Gasteiger partial charge in [0.25, 0.3) is 11.8 Å². The van der Waals surface area contributed by atoms with E-state index in [1.54, 1.807) is 22.0 Å². The zero-order valence-corrected chi connectivity index (χ0v) is 17.5. The lowest BCUT2D eigenvalue weighted by molar-refractivity contribution is -0.116.